The summed E-state index contributed by atoms with van der Waals surface area (Å²) >= 11 is 0. The number of rotatable bonds is 3. The molecule has 0 spiro atoms. The summed E-state index contributed by atoms with van der Waals surface area (Å²) in [6, 6.07) is 8.79. The van der Waals surface area contributed by atoms with E-state index in [2.05, 4.69) is 22.5 Å². The van der Waals surface area contributed by atoms with Crippen LogP contribution in [0.1, 0.15) is 31.4 Å². The van der Waals surface area contributed by atoms with Crippen LogP contribution in [0.15, 0.2) is 24.3 Å². The predicted molar refractivity (Wildman–Crippen MR) is 80.7 cm³/mol. The Bertz CT molecular complexity index is 597. The SMILES string of the molecule is CNC1CCC(O)(Cc2nn(C)c3ccccc23)CC1. The topological polar surface area (TPSA) is 50.1 Å². The molecule has 1 aliphatic carbocycles. The second-order valence-corrected chi connectivity index (χ2v) is 6.05. The van der Waals surface area contributed by atoms with Gasteiger partial charge in [-0.1, -0.05) is 18.2 Å². The van der Waals surface area contributed by atoms with Gasteiger partial charge in [0.05, 0.1) is 16.8 Å². The first kappa shape index (κ1) is 13.6. The molecule has 1 aromatic heterocycles. The fraction of sp³-hybridized carbons (Fsp3) is 0.562. The molecule has 2 N–H and O–H groups in total. The third kappa shape index (κ3) is 2.45. The lowest BCUT2D eigenvalue weighted by Gasteiger charge is -2.35. The van der Waals surface area contributed by atoms with E-state index in [0.29, 0.717) is 12.5 Å². The average molecular weight is 273 g/mol. The minimum Gasteiger partial charge on any atom is -0.389 e. The summed E-state index contributed by atoms with van der Waals surface area (Å²) in [4.78, 5) is 0. The minimum atomic E-state index is -0.593. The molecule has 0 aliphatic heterocycles. The summed E-state index contributed by atoms with van der Waals surface area (Å²) in [5.41, 5.74) is 1.56. The fourth-order valence-electron chi connectivity index (χ4n) is 3.35. The van der Waals surface area contributed by atoms with Gasteiger partial charge in [-0.15, -0.1) is 0 Å². The predicted octanol–water partition coefficient (Wildman–Crippen LogP) is 2.01. The molecule has 0 amide bonds. The molecule has 1 aromatic carbocycles. The molecule has 4 nitrogen and oxygen atoms in total. The first-order valence-electron chi connectivity index (χ1n) is 7.41. The van der Waals surface area contributed by atoms with E-state index in [9.17, 15) is 5.11 Å². The Labute approximate surface area is 119 Å². The highest BCUT2D eigenvalue weighted by Crippen LogP contribution is 2.32. The smallest absolute Gasteiger partial charge is 0.0731 e. The van der Waals surface area contributed by atoms with Gasteiger partial charge in [0, 0.05) is 24.9 Å². The Hall–Kier alpha value is -1.39. The number of fused-ring (bicyclic) bond motifs is 1. The number of hydrogen-bond acceptors (Lipinski definition) is 3. The maximum atomic E-state index is 10.8. The quantitative estimate of drug-likeness (QED) is 0.899. The molecular formula is C16H23N3O. The second-order valence-electron chi connectivity index (χ2n) is 6.05. The van der Waals surface area contributed by atoms with Crippen LogP contribution in [0.2, 0.25) is 0 Å². The van der Waals surface area contributed by atoms with Crippen LogP contribution in [0, 0.1) is 0 Å². The number of benzene rings is 1. The van der Waals surface area contributed by atoms with E-state index in [1.54, 1.807) is 0 Å². The van der Waals surface area contributed by atoms with Gasteiger partial charge in [-0.05, 0) is 38.8 Å². The zero-order chi connectivity index (χ0) is 14.2. The lowest BCUT2D eigenvalue weighted by molar-refractivity contribution is -0.00304. The van der Waals surface area contributed by atoms with E-state index < -0.39 is 5.60 Å². The van der Waals surface area contributed by atoms with Crippen molar-refractivity contribution >= 4 is 10.9 Å². The van der Waals surface area contributed by atoms with Gasteiger partial charge >= 0.3 is 0 Å². The Morgan fingerprint density at radius 2 is 2.05 bits per heavy atom. The number of para-hydroxylation sites is 1. The highest BCUT2D eigenvalue weighted by atomic mass is 16.3. The van der Waals surface area contributed by atoms with Crippen LogP contribution in [0.3, 0.4) is 0 Å². The summed E-state index contributed by atoms with van der Waals surface area (Å²) in [7, 11) is 3.97. The highest BCUT2D eigenvalue weighted by Gasteiger charge is 2.34. The number of nitrogens with one attached hydrogen (secondary N) is 1. The van der Waals surface area contributed by atoms with E-state index in [1.807, 2.05) is 30.9 Å². The molecule has 108 valence electrons. The summed E-state index contributed by atoms with van der Waals surface area (Å²) in [6.45, 7) is 0. The van der Waals surface area contributed by atoms with Crippen molar-refractivity contribution in [1.29, 1.82) is 0 Å². The van der Waals surface area contributed by atoms with Crippen molar-refractivity contribution in [2.24, 2.45) is 7.05 Å². The van der Waals surface area contributed by atoms with Crippen molar-refractivity contribution in [2.45, 2.75) is 43.7 Å². The summed E-state index contributed by atoms with van der Waals surface area (Å²) in [6.07, 6.45) is 4.44. The highest BCUT2D eigenvalue weighted by molar-refractivity contribution is 5.81. The molecule has 1 aliphatic rings. The fourth-order valence-corrected chi connectivity index (χ4v) is 3.35. The molecule has 3 rings (SSSR count). The number of aliphatic hydroxyl groups is 1. The zero-order valence-electron chi connectivity index (χ0n) is 12.3. The molecule has 1 heterocycles. The van der Waals surface area contributed by atoms with Crippen molar-refractivity contribution < 1.29 is 5.11 Å². The third-order valence-corrected chi connectivity index (χ3v) is 4.66. The summed E-state index contributed by atoms with van der Waals surface area (Å²) < 4.78 is 1.91. The molecule has 2 aromatic rings. The minimum absolute atomic E-state index is 0.552. The van der Waals surface area contributed by atoms with Crippen molar-refractivity contribution in [1.82, 2.24) is 15.1 Å². The lowest BCUT2D eigenvalue weighted by atomic mass is 9.79. The van der Waals surface area contributed by atoms with Gasteiger partial charge in [0.25, 0.3) is 0 Å². The van der Waals surface area contributed by atoms with Crippen molar-refractivity contribution in [3.8, 4) is 0 Å². The van der Waals surface area contributed by atoms with E-state index in [-0.39, 0.29) is 0 Å². The number of hydrogen-bond donors (Lipinski definition) is 2. The van der Waals surface area contributed by atoms with Gasteiger partial charge in [0.15, 0.2) is 0 Å². The molecular weight excluding hydrogens is 250 g/mol. The van der Waals surface area contributed by atoms with Gasteiger partial charge in [-0.25, -0.2) is 0 Å². The van der Waals surface area contributed by atoms with Crippen LogP contribution in [0.25, 0.3) is 10.9 Å². The standard InChI is InChI=1S/C16H23N3O/c1-17-12-7-9-16(20,10-8-12)11-14-13-5-3-4-6-15(13)19(2)18-14/h3-6,12,17,20H,7-11H2,1-2H3. The Kier molecular flexibility index (Phi) is 3.52. The third-order valence-electron chi connectivity index (χ3n) is 4.66. The van der Waals surface area contributed by atoms with Gasteiger partial charge in [0.1, 0.15) is 0 Å². The van der Waals surface area contributed by atoms with Crippen LogP contribution < -0.4 is 5.32 Å². The lowest BCUT2D eigenvalue weighted by Crippen LogP contribution is -2.41. The monoisotopic (exact) mass is 273 g/mol. The summed E-state index contributed by atoms with van der Waals surface area (Å²) in [5.74, 6) is 0. The second kappa shape index (κ2) is 5.19. The first-order chi connectivity index (χ1) is 9.61. The normalized spacial score (nSPS) is 27.1. The molecule has 4 heteroatoms. The average Bonchev–Trinajstić information content (AvgIpc) is 2.76. The largest absolute Gasteiger partial charge is 0.389 e. The van der Waals surface area contributed by atoms with E-state index >= 15 is 0 Å². The molecule has 0 radical (unpaired) electrons. The van der Waals surface area contributed by atoms with E-state index in [1.165, 1.54) is 5.39 Å². The zero-order valence-corrected chi connectivity index (χ0v) is 12.3. The molecule has 0 bridgehead atoms. The molecule has 0 unspecified atom stereocenters. The van der Waals surface area contributed by atoms with E-state index in [4.69, 9.17) is 0 Å². The molecule has 0 saturated heterocycles. The van der Waals surface area contributed by atoms with Gasteiger partial charge < -0.3 is 10.4 Å². The van der Waals surface area contributed by atoms with Crippen LogP contribution in [0.5, 0.6) is 0 Å². The number of nitrogens with zero attached hydrogens (tertiary/aromatic N) is 2. The molecule has 1 saturated carbocycles. The Balaban J connectivity index is 1.83. The van der Waals surface area contributed by atoms with Crippen LogP contribution in [0.4, 0.5) is 0 Å². The van der Waals surface area contributed by atoms with E-state index in [0.717, 1.165) is 36.9 Å². The van der Waals surface area contributed by atoms with Crippen LogP contribution in [-0.2, 0) is 13.5 Å². The van der Waals surface area contributed by atoms with Crippen molar-refractivity contribution in [2.75, 3.05) is 7.05 Å². The van der Waals surface area contributed by atoms with Crippen molar-refractivity contribution in [3.05, 3.63) is 30.0 Å². The molecule has 0 atom stereocenters. The van der Waals surface area contributed by atoms with Crippen LogP contribution in [-0.4, -0.2) is 33.6 Å². The van der Waals surface area contributed by atoms with Gasteiger partial charge in [-0.2, -0.15) is 5.10 Å². The maximum Gasteiger partial charge on any atom is 0.0731 e. The molecule has 20 heavy (non-hydrogen) atoms. The van der Waals surface area contributed by atoms with Gasteiger partial charge in [-0.3, -0.25) is 4.68 Å². The summed E-state index contributed by atoms with van der Waals surface area (Å²) in [5, 5.41) is 19.9. The number of aromatic nitrogens is 2. The Morgan fingerprint density at radius 3 is 2.75 bits per heavy atom. The van der Waals surface area contributed by atoms with Crippen LogP contribution >= 0.6 is 0 Å². The molecule has 1 fully saturated rings. The number of aryl methyl sites for hydroxylation is 1. The Morgan fingerprint density at radius 1 is 1.35 bits per heavy atom. The maximum absolute atomic E-state index is 10.8. The van der Waals surface area contributed by atoms with Gasteiger partial charge in [0.2, 0.25) is 0 Å². The first-order valence-corrected chi connectivity index (χ1v) is 7.41. The van der Waals surface area contributed by atoms with Crippen molar-refractivity contribution in [3.63, 3.8) is 0 Å².